The third-order valence-corrected chi connectivity index (χ3v) is 3.95. The molecule has 4 nitrogen and oxygen atoms in total. The summed E-state index contributed by atoms with van der Waals surface area (Å²) in [5, 5.41) is 11.4. The van der Waals surface area contributed by atoms with E-state index in [0.29, 0.717) is 17.6 Å². The molecule has 1 rings (SSSR count). The molecule has 0 fully saturated rings. The SMILES string of the molecule is CCC(CC)N(CC(C)C)c1ccc(CCl)cc1[N+](=O)[O-]. The number of halogens is 1. The molecule has 0 heterocycles. The van der Waals surface area contributed by atoms with E-state index in [2.05, 4.69) is 32.6 Å². The molecule has 21 heavy (non-hydrogen) atoms. The zero-order valence-corrected chi connectivity index (χ0v) is 14.1. The van der Waals surface area contributed by atoms with Crippen molar-refractivity contribution in [1.29, 1.82) is 0 Å². The second-order valence-electron chi connectivity index (χ2n) is 5.73. The van der Waals surface area contributed by atoms with Gasteiger partial charge in [0.05, 0.1) is 4.92 Å². The van der Waals surface area contributed by atoms with Crippen LogP contribution in [0.1, 0.15) is 46.1 Å². The number of rotatable bonds is 8. The Morgan fingerprint density at radius 3 is 2.33 bits per heavy atom. The Morgan fingerprint density at radius 2 is 1.90 bits per heavy atom. The standard InChI is InChI=1S/C16H25ClN2O2/c1-5-14(6-2)18(11-12(3)4)15-8-7-13(10-17)9-16(15)19(20)21/h7-9,12,14H,5-6,10-11H2,1-4H3. The zero-order chi connectivity index (χ0) is 16.0. The minimum Gasteiger partial charge on any atom is -0.363 e. The van der Waals surface area contributed by atoms with Crippen LogP contribution in [0.4, 0.5) is 11.4 Å². The van der Waals surface area contributed by atoms with E-state index in [1.165, 1.54) is 0 Å². The van der Waals surface area contributed by atoms with Crippen LogP contribution in [0, 0.1) is 16.0 Å². The van der Waals surface area contributed by atoms with Crippen molar-refractivity contribution in [3.05, 3.63) is 33.9 Å². The average Bonchev–Trinajstić information content (AvgIpc) is 2.46. The maximum Gasteiger partial charge on any atom is 0.292 e. The summed E-state index contributed by atoms with van der Waals surface area (Å²) in [4.78, 5) is 13.3. The van der Waals surface area contributed by atoms with Gasteiger partial charge in [-0.05, 0) is 30.4 Å². The Balaban J connectivity index is 3.31. The smallest absolute Gasteiger partial charge is 0.292 e. The summed E-state index contributed by atoms with van der Waals surface area (Å²) in [6.07, 6.45) is 1.94. The van der Waals surface area contributed by atoms with Crippen LogP contribution in [-0.4, -0.2) is 17.5 Å². The van der Waals surface area contributed by atoms with Crippen LogP contribution in [0.3, 0.4) is 0 Å². The van der Waals surface area contributed by atoms with E-state index in [0.717, 1.165) is 24.9 Å². The van der Waals surface area contributed by atoms with Gasteiger partial charge in [-0.25, -0.2) is 0 Å². The van der Waals surface area contributed by atoms with E-state index in [-0.39, 0.29) is 16.5 Å². The molecule has 0 unspecified atom stereocenters. The van der Waals surface area contributed by atoms with Crippen LogP contribution >= 0.6 is 11.6 Å². The van der Waals surface area contributed by atoms with Gasteiger partial charge in [-0.15, -0.1) is 11.6 Å². The number of hydrogen-bond acceptors (Lipinski definition) is 3. The van der Waals surface area contributed by atoms with Crippen LogP contribution in [-0.2, 0) is 5.88 Å². The van der Waals surface area contributed by atoms with Crippen LogP contribution in [0.15, 0.2) is 18.2 Å². The summed E-state index contributed by atoms with van der Waals surface area (Å²) >= 11 is 5.80. The predicted octanol–water partition coefficient (Wildman–Crippen LogP) is 4.98. The maximum absolute atomic E-state index is 11.4. The van der Waals surface area contributed by atoms with Crippen molar-refractivity contribution in [2.45, 2.75) is 52.5 Å². The second kappa shape index (κ2) is 8.23. The third-order valence-electron chi connectivity index (χ3n) is 3.65. The van der Waals surface area contributed by atoms with Crippen molar-refractivity contribution in [2.75, 3.05) is 11.4 Å². The quantitative estimate of drug-likeness (QED) is 0.386. The summed E-state index contributed by atoms with van der Waals surface area (Å²) in [7, 11) is 0. The van der Waals surface area contributed by atoms with E-state index >= 15 is 0 Å². The van der Waals surface area contributed by atoms with Crippen molar-refractivity contribution < 1.29 is 4.92 Å². The molecule has 118 valence electrons. The van der Waals surface area contributed by atoms with Gasteiger partial charge in [0.1, 0.15) is 5.69 Å². The molecule has 0 aliphatic rings. The number of nitrogens with zero attached hydrogens (tertiary/aromatic N) is 2. The largest absolute Gasteiger partial charge is 0.363 e. The molecule has 0 N–H and O–H groups in total. The van der Waals surface area contributed by atoms with Gasteiger partial charge in [-0.1, -0.05) is 33.8 Å². The average molecular weight is 313 g/mol. The lowest BCUT2D eigenvalue weighted by molar-refractivity contribution is -0.384. The number of benzene rings is 1. The minimum absolute atomic E-state index is 0.153. The molecule has 1 aromatic carbocycles. The fraction of sp³-hybridized carbons (Fsp3) is 0.625. The molecule has 0 bridgehead atoms. The highest BCUT2D eigenvalue weighted by Crippen LogP contribution is 2.33. The normalized spacial score (nSPS) is 11.2. The first-order chi connectivity index (χ1) is 9.94. The maximum atomic E-state index is 11.4. The fourth-order valence-electron chi connectivity index (χ4n) is 2.61. The highest BCUT2D eigenvalue weighted by molar-refractivity contribution is 6.17. The molecule has 0 atom stereocenters. The van der Waals surface area contributed by atoms with Crippen LogP contribution in [0.5, 0.6) is 0 Å². The van der Waals surface area contributed by atoms with Crippen molar-refractivity contribution in [2.24, 2.45) is 5.92 Å². The van der Waals surface area contributed by atoms with Crippen molar-refractivity contribution in [3.8, 4) is 0 Å². The lowest BCUT2D eigenvalue weighted by Gasteiger charge is -2.33. The summed E-state index contributed by atoms with van der Waals surface area (Å²) in [5.74, 6) is 0.730. The molecule has 0 radical (unpaired) electrons. The Bertz CT molecular complexity index is 473. The number of alkyl halides is 1. The Morgan fingerprint density at radius 1 is 1.29 bits per heavy atom. The van der Waals surface area contributed by atoms with Gasteiger partial charge in [0.15, 0.2) is 0 Å². The van der Waals surface area contributed by atoms with Crippen LogP contribution in [0.25, 0.3) is 0 Å². The first-order valence-corrected chi connectivity index (χ1v) is 8.07. The van der Waals surface area contributed by atoms with Crippen molar-refractivity contribution in [1.82, 2.24) is 0 Å². The van der Waals surface area contributed by atoms with Crippen molar-refractivity contribution in [3.63, 3.8) is 0 Å². The lowest BCUT2D eigenvalue weighted by atomic mass is 10.0. The zero-order valence-electron chi connectivity index (χ0n) is 13.3. The van der Waals surface area contributed by atoms with Gasteiger partial charge in [0, 0.05) is 24.5 Å². The summed E-state index contributed by atoms with van der Waals surface area (Å²) in [6, 6.07) is 5.63. The van der Waals surface area contributed by atoms with Crippen LogP contribution in [0.2, 0.25) is 0 Å². The van der Waals surface area contributed by atoms with Gasteiger partial charge >= 0.3 is 0 Å². The minimum atomic E-state index is -0.304. The summed E-state index contributed by atoms with van der Waals surface area (Å²) < 4.78 is 0. The van der Waals surface area contributed by atoms with Crippen molar-refractivity contribution >= 4 is 23.0 Å². The fourth-order valence-corrected chi connectivity index (χ4v) is 2.77. The molecule has 0 amide bonds. The van der Waals surface area contributed by atoms with E-state index in [9.17, 15) is 10.1 Å². The van der Waals surface area contributed by atoms with Gasteiger partial charge in [-0.3, -0.25) is 10.1 Å². The third kappa shape index (κ3) is 4.60. The Labute approximate surface area is 132 Å². The number of hydrogen-bond donors (Lipinski definition) is 0. The summed E-state index contributed by atoms with van der Waals surface area (Å²) in [5.41, 5.74) is 1.64. The monoisotopic (exact) mass is 312 g/mol. The molecular formula is C16H25ClN2O2. The Hall–Kier alpha value is -1.29. The van der Waals surface area contributed by atoms with Gasteiger partial charge in [-0.2, -0.15) is 0 Å². The van der Waals surface area contributed by atoms with Gasteiger partial charge in [0.25, 0.3) is 5.69 Å². The topological polar surface area (TPSA) is 46.4 Å². The molecule has 5 heteroatoms. The molecule has 0 aromatic heterocycles. The summed E-state index contributed by atoms with van der Waals surface area (Å²) in [6.45, 7) is 9.33. The first-order valence-electron chi connectivity index (χ1n) is 7.54. The van der Waals surface area contributed by atoms with E-state index in [1.54, 1.807) is 6.07 Å². The lowest BCUT2D eigenvalue weighted by Crippen LogP contribution is -2.37. The Kier molecular flexibility index (Phi) is 6.96. The van der Waals surface area contributed by atoms with E-state index in [4.69, 9.17) is 11.6 Å². The predicted molar refractivity (Wildman–Crippen MR) is 89.2 cm³/mol. The first kappa shape index (κ1) is 17.8. The van der Waals surface area contributed by atoms with E-state index in [1.807, 2.05) is 12.1 Å². The van der Waals surface area contributed by atoms with Gasteiger partial charge < -0.3 is 4.90 Å². The molecule has 0 aliphatic heterocycles. The number of nitro groups is 1. The second-order valence-corrected chi connectivity index (χ2v) is 6.00. The number of anilines is 1. The highest BCUT2D eigenvalue weighted by atomic mass is 35.5. The molecule has 0 saturated heterocycles. The molecule has 0 aliphatic carbocycles. The molecular weight excluding hydrogens is 288 g/mol. The number of nitro benzene ring substituents is 1. The molecule has 1 aromatic rings. The van der Waals surface area contributed by atoms with E-state index < -0.39 is 0 Å². The van der Waals surface area contributed by atoms with Crippen LogP contribution < -0.4 is 4.90 Å². The van der Waals surface area contributed by atoms with Gasteiger partial charge in [0.2, 0.25) is 0 Å². The molecule has 0 spiro atoms. The molecule has 0 saturated carbocycles. The highest BCUT2D eigenvalue weighted by Gasteiger charge is 2.24.